The van der Waals surface area contributed by atoms with Gasteiger partial charge in [-0.05, 0) is 30.2 Å². The Morgan fingerprint density at radius 2 is 2.20 bits per heavy atom. The van der Waals surface area contributed by atoms with Crippen LogP contribution in [0.5, 0.6) is 0 Å². The Labute approximate surface area is 142 Å². The van der Waals surface area contributed by atoms with Crippen molar-refractivity contribution in [2.24, 2.45) is 5.16 Å². The molecule has 1 amide bonds. The summed E-state index contributed by atoms with van der Waals surface area (Å²) in [5.41, 5.74) is 2.09. The first-order valence-electron chi connectivity index (χ1n) is 7.86. The van der Waals surface area contributed by atoms with Crippen molar-refractivity contribution in [1.82, 2.24) is 14.9 Å². The van der Waals surface area contributed by atoms with E-state index in [-0.39, 0.29) is 23.6 Å². The zero-order chi connectivity index (χ0) is 17.4. The number of carbonyl (C=O) groups excluding carboxylic acids is 1. The van der Waals surface area contributed by atoms with Gasteiger partial charge in [-0.25, -0.2) is 18.7 Å². The van der Waals surface area contributed by atoms with Crippen molar-refractivity contribution >= 4 is 11.6 Å². The van der Waals surface area contributed by atoms with Crippen LogP contribution in [0.15, 0.2) is 35.9 Å². The Balaban J connectivity index is 1.46. The summed E-state index contributed by atoms with van der Waals surface area (Å²) in [7, 11) is 0. The molecule has 0 spiro atoms. The molecule has 0 saturated heterocycles. The average Bonchev–Trinajstić information content (AvgIpc) is 3.12. The summed E-state index contributed by atoms with van der Waals surface area (Å²) in [6.45, 7) is 0.906. The maximum atomic E-state index is 13.9. The van der Waals surface area contributed by atoms with Crippen LogP contribution in [0.4, 0.5) is 8.78 Å². The van der Waals surface area contributed by atoms with E-state index in [0.29, 0.717) is 19.5 Å². The number of benzene rings is 1. The topological polar surface area (TPSA) is 67.7 Å². The van der Waals surface area contributed by atoms with Crippen LogP contribution in [-0.4, -0.2) is 39.1 Å². The molecule has 1 aromatic carbocycles. The highest BCUT2D eigenvalue weighted by Crippen LogP contribution is 2.23. The molecule has 2 aliphatic heterocycles. The minimum Gasteiger partial charge on any atom is -0.382 e. The van der Waals surface area contributed by atoms with E-state index in [0.717, 1.165) is 29.5 Å². The fourth-order valence-electron chi connectivity index (χ4n) is 3.03. The van der Waals surface area contributed by atoms with E-state index in [4.69, 9.17) is 4.84 Å². The first-order chi connectivity index (χ1) is 12.1. The Bertz CT molecular complexity index is 871. The summed E-state index contributed by atoms with van der Waals surface area (Å²) in [6.07, 6.45) is 3.14. The van der Waals surface area contributed by atoms with Gasteiger partial charge in [-0.2, -0.15) is 0 Å². The molecule has 25 heavy (non-hydrogen) atoms. The molecule has 1 atom stereocenters. The number of hydrogen-bond acceptors (Lipinski definition) is 5. The van der Waals surface area contributed by atoms with Crippen LogP contribution in [0.3, 0.4) is 0 Å². The van der Waals surface area contributed by atoms with Crippen molar-refractivity contribution in [2.75, 3.05) is 6.54 Å². The van der Waals surface area contributed by atoms with Gasteiger partial charge in [-0.1, -0.05) is 5.16 Å². The predicted octanol–water partition coefficient (Wildman–Crippen LogP) is 1.83. The van der Waals surface area contributed by atoms with E-state index in [1.54, 1.807) is 11.1 Å². The van der Waals surface area contributed by atoms with Crippen LogP contribution in [0.2, 0.25) is 0 Å². The average molecular weight is 344 g/mol. The highest BCUT2D eigenvalue weighted by molar-refractivity contribution is 6.04. The fraction of sp³-hybridized carbons (Fsp3) is 0.294. The van der Waals surface area contributed by atoms with Crippen molar-refractivity contribution in [3.63, 3.8) is 0 Å². The van der Waals surface area contributed by atoms with Crippen LogP contribution < -0.4 is 0 Å². The van der Waals surface area contributed by atoms with Crippen LogP contribution in [0.25, 0.3) is 0 Å². The van der Waals surface area contributed by atoms with E-state index in [1.165, 1.54) is 6.33 Å². The fourth-order valence-corrected chi connectivity index (χ4v) is 3.03. The summed E-state index contributed by atoms with van der Waals surface area (Å²) < 4.78 is 27.2. The number of nitrogens with zero attached hydrogens (tertiary/aromatic N) is 4. The number of hydrogen-bond donors (Lipinski definition) is 0. The first-order valence-corrected chi connectivity index (χ1v) is 7.86. The lowest BCUT2D eigenvalue weighted by molar-refractivity contribution is -0.143. The van der Waals surface area contributed by atoms with E-state index in [9.17, 15) is 13.6 Å². The summed E-state index contributed by atoms with van der Waals surface area (Å²) in [4.78, 5) is 27.7. The van der Waals surface area contributed by atoms with Crippen molar-refractivity contribution in [3.8, 4) is 0 Å². The second-order valence-corrected chi connectivity index (χ2v) is 5.96. The number of amides is 1. The molecule has 0 N–H and O–H groups in total. The standard InChI is InChI=1S/C17H14F2N4O2/c18-11-1-2-13(19)12(5-11)14-6-16(25-22-14)17(24)23-4-3-10-7-20-9-21-15(10)8-23/h1-2,5,7,9,16H,3-4,6,8H2/t16-/m1/s1. The van der Waals surface area contributed by atoms with Crippen LogP contribution in [-0.2, 0) is 22.6 Å². The van der Waals surface area contributed by atoms with E-state index >= 15 is 0 Å². The quantitative estimate of drug-likeness (QED) is 0.834. The van der Waals surface area contributed by atoms with E-state index in [1.807, 2.05) is 0 Å². The zero-order valence-electron chi connectivity index (χ0n) is 13.2. The minimum atomic E-state index is -0.832. The highest BCUT2D eigenvalue weighted by atomic mass is 19.1. The third-order valence-corrected chi connectivity index (χ3v) is 4.37. The molecule has 2 aliphatic rings. The highest BCUT2D eigenvalue weighted by Gasteiger charge is 2.34. The maximum absolute atomic E-state index is 13.9. The smallest absolute Gasteiger partial charge is 0.267 e. The zero-order valence-corrected chi connectivity index (χ0v) is 13.2. The number of carbonyl (C=O) groups is 1. The third kappa shape index (κ3) is 2.95. The molecule has 0 radical (unpaired) electrons. The van der Waals surface area contributed by atoms with Gasteiger partial charge in [0.1, 0.15) is 18.0 Å². The molecule has 0 aliphatic carbocycles. The summed E-state index contributed by atoms with van der Waals surface area (Å²) >= 11 is 0. The van der Waals surface area contributed by atoms with Gasteiger partial charge in [-0.15, -0.1) is 0 Å². The van der Waals surface area contributed by atoms with Gasteiger partial charge in [0, 0.05) is 24.7 Å². The lowest BCUT2D eigenvalue weighted by Crippen LogP contribution is -2.42. The Kier molecular flexibility index (Phi) is 3.87. The summed E-state index contributed by atoms with van der Waals surface area (Å²) in [5, 5.41) is 3.79. The second-order valence-electron chi connectivity index (χ2n) is 5.96. The molecule has 8 heteroatoms. The molecule has 0 saturated carbocycles. The minimum absolute atomic E-state index is 0.0204. The van der Waals surface area contributed by atoms with Crippen molar-refractivity contribution in [3.05, 3.63) is 59.2 Å². The molecule has 3 heterocycles. The lowest BCUT2D eigenvalue weighted by Gasteiger charge is -2.29. The molecule has 1 aromatic heterocycles. The molecular weight excluding hydrogens is 330 g/mol. The van der Waals surface area contributed by atoms with Crippen LogP contribution >= 0.6 is 0 Å². The van der Waals surface area contributed by atoms with Gasteiger partial charge < -0.3 is 9.74 Å². The van der Waals surface area contributed by atoms with E-state index < -0.39 is 17.7 Å². The summed E-state index contributed by atoms with van der Waals surface area (Å²) in [5.74, 6) is -1.40. The predicted molar refractivity (Wildman–Crippen MR) is 83.5 cm³/mol. The molecule has 0 bridgehead atoms. The van der Waals surface area contributed by atoms with Gasteiger partial charge in [0.05, 0.1) is 18.0 Å². The normalized spacial score (nSPS) is 19.2. The Morgan fingerprint density at radius 1 is 1.32 bits per heavy atom. The van der Waals surface area contributed by atoms with E-state index in [2.05, 4.69) is 15.1 Å². The van der Waals surface area contributed by atoms with Gasteiger partial charge >= 0.3 is 0 Å². The molecular formula is C17H14F2N4O2. The number of fused-ring (bicyclic) bond motifs is 1. The second kappa shape index (κ2) is 6.19. The van der Waals surface area contributed by atoms with Gasteiger partial charge in [0.25, 0.3) is 5.91 Å². The number of aromatic nitrogens is 2. The number of rotatable bonds is 2. The monoisotopic (exact) mass is 344 g/mol. The molecule has 0 unspecified atom stereocenters. The Morgan fingerprint density at radius 3 is 3.08 bits per heavy atom. The van der Waals surface area contributed by atoms with Crippen LogP contribution in [0, 0.1) is 11.6 Å². The first kappa shape index (κ1) is 15.6. The lowest BCUT2D eigenvalue weighted by atomic mass is 10.0. The number of oxime groups is 1. The molecule has 128 valence electrons. The van der Waals surface area contributed by atoms with Crippen molar-refractivity contribution < 1.29 is 18.4 Å². The van der Waals surface area contributed by atoms with Gasteiger partial charge in [-0.3, -0.25) is 4.79 Å². The third-order valence-electron chi connectivity index (χ3n) is 4.37. The number of halogens is 2. The molecule has 2 aromatic rings. The maximum Gasteiger partial charge on any atom is 0.267 e. The van der Waals surface area contributed by atoms with Crippen LogP contribution in [0.1, 0.15) is 23.2 Å². The van der Waals surface area contributed by atoms with Crippen molar-refractivity contribution in [1.29, 1.82) is 0 Å². The Hall–Kier alpha value is -2.90. The summed E-state index contributed by atoms with van der Waals surface area (Å²) in [6, 6.07) is 3.12. The van der Waals surface area contributed by atoms with Crippen molar-refractivity contribution in [2.45, 2.75) is 25.5 Å². The molecule has 4 rings (SSSR count). The molecule has 6 nitrogen and oxygen atoms in total. The SMILES string of the molecule is O=C([C@H]1CC(c2cc(F)ccc2F)=NO1)N1CCc2cncnc2C1. The molecule has 0 fully saturated rings. The largest absolute Gasteiger partial charge is 0.382 e. The van der Waals surface area contributed by atoms with Gasteiger partial charge in [0.15, 0.2) is 0 Å². The van der Waals surface area contributed by atoms with Gasteiger partial charge in [0.2, 0.25) is 6.10 Å².